The van der Waals surface area contributed by atoms with E-state index in [-0.39, 0.29) is 18.4 Å². The van der Waals surface area contributed by atoms with Gasteiger partial charge in [0.15, 0.2) is 0 Å². The first-order valence-corrected chi connectivity index (χ1v) is 10.4. The fourth-order valence-corrected chi connectivity index (χ4v) is 3.83. The number of amides is 1. The van der Waals surface area contributed by atoms with E-state index >= 15 is 0 Å². The molecule has 1 amide bonds. The van der Waals surface area contributed by atoms with Crippen molar-refractivity contribution < 1.29 is 19.1 Å². The standard InChI is InChI=1S/C23H24N2O4S/c1-16(23(27)29-3)13-25(14-17-7-5-4-6-8-17)22(26)20-15-30-21(24-20)18-9-11-19(28-2)12-10-18/h4-12,15-16H,13-14H2,1-3H3. The molecule has 0 N–H and O–H groups in total. The quantitative estimate of drug-likeness (QED) is 0.505. The van der Waals surface area contributed by atoms with Gasteiger partial charge >= 0.3 is 5.97 Å². The Balaban J connectivity index is 1.82. The first-order chi connectivity index (χ1) is 14.5. The van der Waals surface area contributed by atoms with E-state index in [1.165, 1.54) is 18.4 Å². The van der Waals surface area contributed by atoms with Crippen molar-refractivity contribution in [2.24, 2.45) is 5.92 Å². The predicted molar refractivity (Wildman–Crippen MR) is 116 cm³/mol. The van der Waals surface area contributed by atoms with Crippen LogP contribution in [0.2, 0.25) is 0 Å². The summed E-state index contributed by atoms with van der Waals surface area (Å²) in [7, 11) is 2.97. The van der Waals surface area contributed by atoms with Gasteiger partial charge in [-0.15, -0.1) is 11.3 Å². The van der Waals surface area contributed by atoms with Gasteiger partial charge in [-0.25, -0.2) is 4.98 Å². The molecule has 0 saturated heterocycles. The van der Waals surface area contributed by atoms with Crippen LogP contribution in [-0.2, 0) is 16.1 Å². The van der Waals surface area contributed by atoms with Gasteiger partial charge in [-0.3, -0.25) is 9.59 Å². The third-order valence-electron chi connectivity index (χ3n) is 4.66. The van der Waals surface area contributed by atoms with Crippen molar-refractivity contribution in [2.75, 3.05) is 20.8 Å². The van der Waals surface area contributed by atoms with E-state index < -0.39 is 5.92 Å². The normalized spacial score (nSPS) is 11.6. The van der Waals surface area contributed by atoms with Crippen LogP contribution in [0, 0.1) is 5.92 Å². The molecule has 0 saturated carbocycles. The average molecular weight is 425 g/mol. The maximum absolute atomic E-state index is 13.2. The van der Waals surface area contributed by atoms with Gasteiger partial charge in [-0.2, -0.15) is 0 Å². The van der Waals surface area contributed by atoms with Crippen LogP contribution in [0.4, 0.5) is 0 Å². The Morgan fingerprint density at radius 2 is 1.77 bits per heavy atom. The molecule has 1 atom stereocenters. The van der Waals surface area contributed by atoms with Crippen LogP contribution >= 0.6 is 11.3 Å². The van der Waals surface area contributed by atoms with Crippen LogP contribution in [-0.4, -0.2) is 42.5 Å². The molecular formula is C23H24N2O4S. The summed E-state index contributed by atoms with van der Waals surface area (Å²) in [6, 6.07) is 17.2. The maximum atomic E-state index is 13.2. The smallest absolute Gasteiger partial charge is 0.310 e. The molecule has 3 aromatic rings. The van der Waals surface area contributed by atoms with E-state index in [0.717, 1.165) is 21.9 Å². The number of hydrogen-bond acceptors (Lipinski definition) is 6. The largest absolute Gasteiger partial charge is 0.497 e. The van der Waals surface area contributed by atoms with Gasteiger partial charge < -0.3 is 14.4 Å². The van der Waals surface area contributed by atoms with Crippen LogP contribution in [0.25, 0.3) is 10.6 Å². The Hall–Kier alpha value is -3.19. The minimum atomic E-state index is -0.442. The SMILES string of the molecule is COC(=O)C(C)CN(Cc1ccccc1)C(=O)c1csc(-c2ccc(OC)cc2)n1. The van der Waals surface area contributed by atoms with Crippen molar-refractivity contribution in [3.05, 3.63) is 71.2 Å². The molecule has 1 heterocycles. The first kappa shape index (κ1) is 21.5. The molecule has 3 rings (SSSR count). The van der Waals surface area contributed by atoms with Gasteiger partial charge in [0.05, 0.1) is 20.1 Å². The summed E-state index contributed by atoms with van der Waals surface area (Å²) in [5.74, 6) is -0.247. The lowest BCUT2D eigenvalue weighted by molar-refractivity contribution is -0.145. The molecule has 30 heavy (non-hydrogen) atoms. The van der Waals surface area contributed by atoms with Gasteiger partial charge in [0.2, 0.25) is 0 Å². The van der Waals surface area contributed by atoms with Crippen LogP contribution in [0.5, 0.6) is 5.75 Å². The van der Waals surface area contributed by atoms with Crippen molar-refractivity contribution in [3.8, 4) is 16.3 Å². The number of carbonyl (C=O) groups excluding carboxylic acids is 2. The second-order valence-corrected chi connectivity index (χ2v) is 7.72. The average Bonchev–Trinajstić information content (AvgIpc) is 3.28. The second kappa shape index (κ2) is 10.0. The molecule has 0 aliphatic heterocycles. The molecule has 1 unspecified atom stereocenters. The number of nitrogens with zero attached hydrogens (tertiary/aromatic N) is 2. The zero-order chi connectivity index (χ0) is 21.5. The highest BCUT2D eigenvalue weighted by Gasteiger charge is 2.24. The second-order valence-electron chi connectivity index (χ2n) is 6.86. The molecule has 0 fully saturated rings. The van der Waals surface area contributed by atoms with E-state index in [1.54, 1.807) is 24.3 Å². The zero-order valence-electron chi connectivity index (χ0n) is 17.2. The lowest BCUT2D eigenvalue weighted by atomic mass is 10.1. The molecule has 156 valence electrons. The van der Waals surface area contributed by atoms with Gasteiger partial charge in [-0.1, -0.05) is 37.3 Å². The molecule has 0 aliphatic carbocycles. The molecule has 0 bridgehead atoms. The number of ether oxygens (including phenoxy) is 2. The molecule has 0 spiro atoms. The highest BCUT2D eigenvalue weighted by Crippen LogP contribution is 2.26. The monoisotopic (exact) mass is 424 g/mol. The lowest BCUT2D eigenvalue weighted by Crippen LogP contribution is -2.37. The van der Waals surface area contributed by atoms with Crippen molar-refractivity contribution in [3.63, 3.8) is 0 Å². The number of esters is 1. The van der Waals surface area contributed by atoms with Crippen LogP contribution in [0.1, 0.15) is 23.0 Å². The summed E-state index contributed by atoms with van der Waals surface area (Å²) in [6.45, 7) is 2.38. The molecule has 2 aromatic carbocycles. The Bertz CT molecular complexity index is 986. The lowest BCUT2D eigenvalue weighted by Gasteiger charge is -2.24. The topological polar surface area (TPSA) is 68.7 Å². The van der Waals surface area contributed by atoms with E-state index in [0.29, 0.717) is 12.2 Å². The summed E-state index contributed by atoms with van der Waals surface area (Å²) in [5.41, 5.74) is 2.25. The minimum absolute atomic E-state index is 0.217. The van der Waals surface area contributed by atoms with Crippen molar-refractivity contribution in [2.45, 2.75) is 13.5 Å². The number of carbonyl (C=O) groups is 2. The van der Waals surface area contributed by atoms with Crippen LogP contribution < -0.4 is 4.74 Å². The highest BCUT2D eigenvalue weighted by molar-refractivity contribution is 7.13. The number of methoxy groups -OCH3 is 2. The Morgan fingerprint density at radius 1 is 1.07 bits per heavy atom. The van der Waals surface area contributed by atoms with Gasteiger partial charge in [0.1, 0.15) is 16.5 Å². The van der Waals surface area contributed by atoms with Gasteiger partial charge in [-0.05, 0) is 29.8 Å². The van der Waals surface area contributed by atoms with E-state index in [4.69, 9.17) is 9.47 Å². The minimum Gasteiger partial charge on any atom is -0.497 e. The fraction of sp³-hybridized carbons (Fsp3) is 0.261. The Morgan fingerprint density at radius 3 is 2.40 bits per heavy atom. The third-order valence-corrected chi connectivity index (χ3v) is 5.55. The summed E-state index contributed by atoms with van der Waals surface area (Å²) < 4.78 is 10.0. The summed E-state index contributed by atoms with van der Waals surface area (Å²) in [6.07, 6.45) is 0. The molecule has 6 nitrogen and oxygen atoms in total. The number of rotatable bonds is 8. The summed E-state index contributed by atoms with van der Waals surface area (Å²) in [5, 5.41) is 2.50. The maximum Gasteiger partial charge on any atom is 0.310 e. The van der Waals surface area contributed by atoms with Crippen LogP contribution in [0.3, 0.4) is 0 Å². The number of thiazole rings is 1. The number of benzene rings is 2. The van der Waals surface area contributed by atoms with E-state index in [2.05, 4.69) is 4.98 Å². The zero-order valence-corrected chi connectivity index (χ0v) is 18.0. The summed E-state index contributed by atoms with van der Waals surface area (Å²) in [4.78, 5) is 31.3. The van der Waals surface area contributed by atoms with E-state index in [1.807, 2.05) is 54.6 Å². The predicted octanol–water partition coefficient (Wildman–Crippen LogP) is 4.27. The van der Waals surface area contributed by atoms with Crippen LogP contribution in [0.15, 0.2) is 60.0 Å². The van der Waals surface area contributed by atoms with Crippen molar-refractivity contribution in [1.82, 2.24) is 9.88 Å². The van der Waals surface area contributed by atoms with Crippen molar-refractivity contribution in [1.29, 1.82) is 0 Å². The molecule has 0 aliphatic rings. The molecule has 1 aromatic heterocycles. The van der Waals surface area contributed by atoms with Gasteiger partial charge in [0, 0.05) is 24.0 Å². The molecule has 7 heteroatoms. The Kier molecular flexibility index (Phi) is 7.19. The van der Waals surface area contributed by atoms with Crippen molar-refractivity contribution >= 4 is 23.2 Å². The Labute approximate surface area is 180 Å². The number of hydrogen-bond donors (Lipinski definition) is 0. The van der Waals surface area contributed by atoms with Gasteiger partial charge in [0.25, 0.3) is 5.91 Å². The number of aromatic nitrogens is 1. The third kappa shape index (κ3) is 5.24. The molecule has 0 radical (unpaired) electrons. The van der Waals surface area contributed by atoms with E-state index in [9.17, 15) is 9.59 Å². The first-order valence-electron chi connectivity index (χ1n) is 9.52. The molecular weight excluding hydrogens is 400 g/mol. The fourth-order valence-electron chi connectivity index (χ4n) is 3.03. The summed E-state index contributed by atoms with van der Waals surface area (Å²) >= 11 is 1.41. The highest BCUT2D eigenvalue weighted by atomic mass is 32.1.